The molecule has 6 heteroatoms. The highest BCUT2D eigenvalue weighted by Gasteiger charge is 2.29. The molecule has 0 aromatic heterocycles. The van der Waals surface area contributed by atoms with E-state index in [1.54, 1.807) is 0 Å². The van der Waals surface area contributed by atoms with Crippen LogP contribution in [0.4, 0.5) is 0 Å². The number of ether oxygens (including phenoxy) is 3. The van der Waals surface area contributed by atoms with Crippen LogP contribution in [-0.2, 0) is 20.6 Å². The van der Waals surface area contributed by atoms with Gasteiger partial charge in [-0.05, 0) is 12.0 Å². The third kappa shape index (κ3) is 2.97. The van der Waals surface area contributed by atoms with E-state index in [-0.39, 0.29) is 6.10 Å². The molecule has 1 saturated heterocycles. The molecular weight excluding hydrogens is 296 g/mol. The number of rotatable bonds is 2. The Hall–Kier alpha value is -1.89. The van der Waals surface area contributed by atoms with Gasteiger partial charge in [-0.1, -0.05) is 24.3 Å². The van der Waals surface area contributed by atoms with Gasteiger partial charge in [0.15, 0.2) is 0 Å². The lowest BCUT2D eigenvalue weighted by Crippen LogP contribution is -2.41. The Morgan fingerprint density at radius 1 is 1.30 bits per heavy atom. The summed E-state index contributed by atoms with van der Waals surface area (Å²) >= 11 is 0. The predicted molar refractivity (Wildman–Crippen MR) is 84.8 cm³/mol. The Bertz CT molecular complexity index is 637. The summed E-state index contributed by atoms with van der Waals surface area (Å²) in [5, 5.41) is 10.3. The van der Waals surface area contributed by atoms with E-state index in [0.29, 0.717) is 32.3 Å². The van der Waals surface area contributed by atoms with Crippen LogP contribution in [0.5, 0.6) is 0 Å². The van der Waals surface area contributed by atoms with Crippen LogP contribution in [0.15, 0.2) is 35.3 Å². The quantitative estimate of drug-likeness (QED) is 0.882. The first-order valence-corrected chi connectivity index (χ1v) is 7.96. The van der Waals surface area contributed by atoms with Gasteiger partial charge >= 0.3 is 0 Å². The van der Waals surface area contributed by atoms with Crippen molar-refractivity contribution in [3.63, 3.8) is 0 Å². The molecule has 2 atom stereocenters. The molecule has 1 aromatic rings. The molecule has 3 heterocycles. The van der Waals surface area contributed by atoms with Crippen LogP contribution < -0.4 is 0 Å². The van der Waals surface area contributed by atoms with Crippen molar-refractivity contribution in [2.45, 2.75) is 18.9 Å². The highest BCUT2D eigenvalue weighted by molar-refractivity contribution is 5.96. The number of aliphatic hydroxyl groups is 1. The highest BCUT2D eigenvalue weighted by Crippen LogP contribution is 2.32. The number of aliphatic hydroxyl groups excluding tert-OH is 1. The van der Waals surface area contributed by atoms with E-state index >= 15 is 0 Å². The van der Waals surface area contributed by atoms with Gasteiger partial charge < -0.3 is 24.2 Å². The maximum absolute atomic E-state index is 10.3. The number of aliphatic imine (C=N–C) groups is 1. The average Bonchev–Trinajstić information content (AvgIpc) is 2.61. The second kappa shape index (κ2) is 6.31. The van der Waals surface area contributed by atoms with E-state index in [2.05, 4.69) is 17.1 Å². The number of nitrogens with zero attached hydrogens (tertiary/aromatic N) is 2. The van der Waals surface area contributed by atoms with E-state index in [0.717, 1.165) is 24.2 Å². The van der Waals surface area contributed by atoms with Gasteiger partial charge in [-0.25, -0.2) is 0 Å². The predicted octanol–water partition coefficient (Wildman–Crippen LogP) is 1.01. The molecule has 3 aliphatic heterocycles. The van der Waals surface area contributed by atoms with Crippen molar-refractivity contribution in [1.82, 2.24) is 4.90 Å². The Morgan fingerprint density at radius 2 is 2.22 bits per heavy atom. The van der Waals surface area contributed by atoms with Crippen LogP contribution in [-0.4, -0.2) is 61.3 Å². The van der Waals surface area contributed by atoms with E-state index < -0.39 is 6.35 Å². The van der Waals surface area contributed by atoms with Gasteiger partial charge in [0.1, 0.15) is 12.7 Å². The normalized spacial score (nSPS) is 26.7. The summed E-state index contributed by atoms with van der Waals surface area (Å²) in [6.45, 7) is 2.87. The van der Waals surface area contributed by atoms with E-state index in [1.165, 1.54) is 5.56 Å². The summed E-state index contributed by atoms with van der Waals surface area (Å²) in [5.41, 5.74) is 3.38. The zero-order valence-corrected chi connectivity index (χ0v) is 12.9. The van der Waals surface area contributed by atoms with Crippen LogP contribution in [0.25, 0.3) is 5.70 Å². The molecule has 1 fully saturated rings. The van der Waals surface area contributed by atoms with Crippen LogP contribution in [0.2, 0.25) is 0 Å². The zero-order chi connectivity index (χ0) is 15.6. The van der Waals surface area contributed by atoms with Crippen molar-refractivity contribution in [2.75, 3.05) is 33.0 Å². The fraction of sp³-hybridized carbons (Fsp3) is 0.471. The summed E-state index contributed by atoms with van der Waals surface area (Å²) in [6.07, 6.45) is 1.82. The van der Waals surface area contributed by atoms with Crippen molar-refractivity contribution in [2.24, 2.45) is 4.99 Å². The minimum atomic E-state index is -0.901. The Morgan fingerprint density at radius 3 is 3.09 bits per heavy atom. The summed E-state index contributed by atoms with van der Waals surface area (Å²) in [7, 11) is 0. The second-order valence-electron chi connectivity index (χ2n) is 5.82. The molecule has 23 heavy (non-hydrogen) atoms. The van der Waals surface area contributed by atoms with Gasteiger partial charge in [-0.15, -0.1) is 0 Å². The van der Waals surface area contributed by atoms with Crippen LogP contribution in [0.3, 0.4) is 0 Å². The molecule has 6 nitrogen and oxygen atoms in total. The fourth-order valence-electron chi connectivity index (χ4n) is 3.13. The van der Waals surface area contributed by atoms with Crippen molar-refractivity contribution < 1.29 is 19.3 Å². The Kier molecular flexibility index (Phi) is 4.03. The molecule has 3 aliphatic rings. The van der Waals surface area contributed by atoms with Gasteiger partial charge in [0.2, 0.25) is 12.2 Å². The third-order valence-electron chi connectivity index (χ3n) is 4.31. The molecule has 2 unspecified atom stereocenters. The molecule has 0 amide bonds. The largest absolute Gasteiger partial charge is 0.475 e. The van der Waals surface area contributed by atoms with Gasteiger partial charge in [-0.3, -0.25) is 0 Å². The smallest absolute Gasteiger partial charge is 0.229 e. The number of hydrogen-bond donors (Lipinski definition) is 1. The van der Waals surface area contributed by atoms with Crippen molar-refractivity contribution in [3.05, 3.63) is 41.5 Å². The van der Waals surface area contributed by atoms with E-state index in [1.807, 2.05) is 23.1 Å². The molecule has 0 radical (unpaired) electrons. The van der Waals surface area contributed by atoms with E-state index in [9.17, 15) is 5.11 Å². The summed E-state index contributed by atoms with van der Waals surface area (Å²) in [5.74, 6) is 0.439. The number of fused-ring (bicyclic) bond motifs is 3. The molecule has 0 aliphatic carbocycles. The lowest BCUT2D eigenvalue weighted by molar-refractivity contribution is -0.103. The minimum absolute atomic E-state index is 0.0846. The molecule has 4 rings (SSSR count). The van der Waals surface area contributed by atoms with Crippen LogP contribution in [0.1, 0.15) is 11.1 Å². The van der Waals surface area contributed by atoms with Crippen LogP contribution >= 0.6 is 0 Å². The molecular formula is C17H20N2O4. The summed E-state index contributed by atoms with van der Waals surface area (Å²) in [6, 6.07) is 8.25. The number of benzene rings is 1. The van der Waals surface area contributed by atoms with Gasteiger partial charge in [-0.2, -0.15) is 4.99 Å². The molecule has 0 saturated carbocycles. The topological polar surface area (TPSA) is 63.5 Å². The minimum Gasteiger partial charge on any atom is -0.475 e. The first-order chi connectivity index (χ1) is 11.3. The van der Waals surface area contributed by atoms with Gasteiger partial charge in [0.05, 0.1) is 25.5 Å². The SMILES string of the molecule is OC1N=C(OCC2COCCO2)C=C2c3ccccc3CCN21. The maximum atomic E-state index is 10.3. The van der Waals surface area contributed by atoms with E-state index in [4.69, 9.17) is 14.2 Å². The molecule has 122 valence electrons. The fourth-order valence-corrected chi connectivity index (χ4v) is 3.13. The van der Waals surface area contributed by atoms with Crippen molar-refractivity contribution in [3.8, 4) is 0 Å². The zero-order valence-electron chi connectivity index (χ0n) is 12.9. The summed E-state index contributed by atoms with van der Waals surface area (Å²) in [4.78, 5) is 6.13. The van der Waals surface area contributed by atoms with Gasteiger partial charge in [0, 0.05) is 18.2 Å². The van der Waals surface area contributed by atoms with Gasteiger partial charge in [0.25, 0.3) is 0 Å². The highest BCUT2D eigenvalue weighted by atomic mass is 16.6. The molecule has 0 spiro atoms. The van der Waals surface area contributed by atoms with Crippen LogP contribution in [0, 0.1) is 0 Å². The molecule has 0 bridgehead atoms. The first-order valence-electron chi connectivity index (χ1n) is 7.96. The standard InChI is InChI=1S/C17H20N2O4/c20-17-18-16(23-11-13-10-21-7-8-22-13)9-15-14-4-2-1-3-12(14)5-6-19(15)17/h1-4,9,13,17,20H,5-8,10-11H2. The average molecular weight is 316 g/mol. The second-order valence-corrected chi connectivity index (χ2v) is 5.82. The first kappa shape index (κ1) is 14.7. The lowest BCUT2D eigenvalue weighted by Gasteiger charge is -2.37. The lowest BCUT2D eigenvalue weighted by atomic mass is 9.96. The summed E-state index contributed by atoms with van der Waals surface area (Å²) < 4.78 is 16.7. The monoisotopic (exact) mass is 316 g/mol. The number of hydrogen-bond acceptors (Lipinski definition) is 6. The molecule has 1 N–H and O–H groups in total. The van der Waals surface area contributed by atoms with Crippen molar-refractivity contribution in [1.29, 1.82) is 0 Å². The Balaban J connectivity index is 1.52. The molecule has 1 aromatic carbocycles. The Labute approximate surface area is 135 Å². The third-order valence-corrected chi connectivity index (χ3v) is 4.31. The maximum Gasteiger partial charge on any atom is 0.229 e. The van der Waals surface area contributed by atoms with Crippen molar-refractivity contribution >= 4 is 11.6 Å².